The molecule has 1 unspecified atom stereocenters. The predicted molar refractivity (Wildman–Crippen MR) is 69.6 cm³/mol. The lowest BCUT2D eigenvalue weighted by Crippen LogP contribution is -2.52. The first-order chi connectivity index (χ1) is 7.41. The van der Waals surface area contributed by atoms with E-state index >= 15 is 0 Å². The molecule has 0 bridgehead atoms. The largest absolute Gasteiger partial charge is 0.311 e. The molecule has 0 amide bonds. The van der Waals surface area contributed by atoms with E-state index in [1.807, 2.05) is 0 Å². The molecule has 2 aliphatic rings. The van der Waals surface area contributed by atoms with Crippen molar-refractivity contribution in [3.8, 4) is 0 Å². The molecule has 2 fully saturated rings. The van der Waals surface area contributed by atoms with Crippen LogP contribution >= 0.6 is 0 Å². The number of piperazine rings is 1. The van der Waals surface area contributed by atoms with Crippen molar-refractivity contribution in [3.63, 3.8) is 0 Å². The molecular formula is C14H28N2. The molecule has 2 rings (SSSR count). The van der Waals surface area contributed by atoms with Crippen molar-refractivity contribution in [2.75, 3.05) is 19.6 Å². The minimum atomic E-state index is 0.501. The summed E-state index contributed by atoms with van der Waals surface area (Å²) < 4.78 is 0. The zero-order valence-corrected chi connectivity index (χ0v) is 11.6. The Morgan fingerprint density at radius 2 is 1.81 bits per heavy atom. The molecule has 1 aliphatic heterocycles. The Morgan fingerprint density at radius 3 is 2.31 bits per heavy atom. The van der Waals surface area contributed by atoms with Crippen molar-refractivity contribution >= 4 is 0 Å². The molecule has 1 N–H and O–H groups in total. The second kappa shape index (κ2) is 3.99. The summed E-state index contributed by atoms with van der Waals surface area (Å²) in [6, 6.07) is 1.52. The van der Waals surface area contributed by atoms with E-state index < -0.39 is 0 Å². The average Bonchev–Trinajstić information content (AvgIpc) is 2.58. The van der Waals surface area contributed by atoms with Crippen LogP contribution in [0.15, 0.2) is 0 Å². The summed E-state index contributed by atoms with van der Waals surface area (Å²) in [7, 11) is 0. The summed E-state index contributed by atoms with van der Waals surface area (Å²) in [5.74, 6) is 0. The summed E-state index contributed by atoms with van der Waals surface area (Å²) in [4.78, 5) is 2.73. The molecule has 1 saturated carbocycles. The number of rotatable bonds is 3. The quantitative estimate of drug-likeness (QED) is 0.792. The maximum Gasteiger partial charge on any atom is 0.0210 e. The van der Waals surface area contributed by atoms with Gasteiger partial charge in [0.25, 0.3) is 0 Å². The van der Waals surface area contributed by atoms with Gasteiger partial charge >= 0.3 is 0 Å². The molecule has 94 valence electrons. The Hall–Kier alpha value is -0.0800. The van der Waals surface area contributed by atoms with Gasteiger partial charge in [-0.2, -0.15) is 0 Å². The second-order valence-corrected chi connectivity index (χ2v) is 6.78. The smallest absolute Gasteiger partial charge is 0.0210 e. The first-order valence-corrected chi connectivity index (χ1v) is 6.88. The van der Waals surface area contributed by atoms with Crippen LogP contribution in [0.4, 0.5) is 0 Å². The third-order valence-corrected chi connectivity index (χ3v) is 5.23. The van der Waals surface area contributed by atoms with E-state index in [-0.39, 0.29) is 0 Å². The van der Waals surface area contributed by atoms with Gasteiger partial charge in [-0.15, -0.1) is 0 Å². The lowest BCUT2D eigenvalue weighted by molar-refractivity contribution is 0.161. The zero-order chi connectivity index (χ0) is 12.0. The normalized spacial score (nSPS) is 33.9. The van der Waals surface area contributed by atoms with Crippen LogP contribution in [0.25, 0.3) is 0 Å². The van der Waals surface area contributed by atoms with Crippen molar-refractivity contribution in [3.05, 3.63) is 0 Å². The Labute approximate surface area is 101 Å². The van der Waals surface area contributed by atoms with Gasteiger partial charge in [-0.3, -0.25) is 4.90 Å². The van der Waals surface area contributed by atoms with Gasteiger partial charge in [0, 0.05) is 31.7 Å². The fraction of sp³-hybridized carbons (Fsp3) is 1.00. The van der Waals surface area contributed by atoms with Crippen molar-refractivity contribution in [1.29, 1.82) is 0 Å². The van der Waals surface area contributed by atoms with Crippen LogP contribution in [0.3, 0.4) is 0 Å². The standard InChI is InChI=1S/C14H28N2/c1-6-7-11-10-16(9-8-15-11)12-13(2,3)14(12,4)5/h11-12,15H,6-10H2,1-5H3. The topological polar surface area (TPSA) is 15.3 Å². The van der Waals surface area contributed by atoms with E-state index in [0.717, 1.165) is 12.1 Å². The van der Waals surface area contributed by atoms with Crippen molar-refractivity contribution in [2.45, 2.75) is 59.5 Å². The SMILES string of the molecule is CCCC1CN(C2C(C)(C)C2(C)C)CCN1. The summed E-state index contributed by atoms with van der Waals surface area (Å²) in [6.45, 7) is 15.6. The van der Waals surface area contributed by atoms with Gasteiger partial charge in [-0.05, 0) is 17.3 Å². The highest BCUT2D eigenvalue weighted by Crippen LogP contribution is 2.65. The molecule has 2 nitrogen and oxygen atoms in total. The van der Waals surface area contributed by atoms with Gasteiger partial charge in [0.15, 0.2) is 0 Å². The first-order valence-electron chi connectivity index (χ1n) is 6.88. The summed E-state index contributed by atoms with van der Waals surface area (Å²) >= 11 is 0. The monoisotopic (exact) mass is 224 g/mol. The van der Waals surface area contributed by atoms with Crippen molar-refractivity contribution in [1.82, 2.24) is 10.2 Å². The van der Waals surface area contributed by atoms with Crippen LogP contribution < -0.4 is 5.32 Å². The molecular weight excluding hydrogens is 196 g/mol. The van der Waals surface area contributed by atoms with Crippen LogP contribution in [0.2, 0.25) is 0 Å². The minimum Gasteiger partial charge on any atom is -0.311 e. The van der Waals surface area contributed by atoms with Crippen LogP contribution in [0.1, 0.15) is 47.5 Å². The highest BCUT2D eigenvalue weighted by molar-refractivity contribution is 5.19. The highest BCUT2D eigenvalue weighted by Gasteiger charge is 2.66. The lowest BCUT2D eigenvalue weighted by atomic mass is 10.0. The van der Waals surface area contributed by atoms with E-state index in [9.17, 15) is 0 Å². The fourth-order valence-electron chi connectivity index (χ4n) is 3.70. The van der Waals surface area contributed by atoms with Crippen LogP contribution in [-0.2, 0) is 0 Å². The minimum absolute atomic E-state index is 0.501. The summed E-state index contributed by atoms with van der Waals surface area (Å²) in [5, 5.41) is 3.65. The number of hydrogen-bond donors (Lipinski definition) is 1. The predicted octanol–water partition coefficient (Wildman–Crippen LogP) is 2.49. The molecule has 0 aromatic rings. The van der Waals surface area contributed by atoms with Crippen molar-refractivity contribution in [2.24, 2.45) is 10.8 Å². The molecule has 0 spiro atoms. The molecule has 0 radical (unpaired) electrons. The van der Waals surface area contributed by atoms with Gasteiger partial charge in [-0.25, -0.2) is 0 Å². The van der Waals surface area contributed by atoms with Crippen molar-refractivity contribution < 1.29 is 0 Å². The number of hydrogen-bond acceptors (Lipinski definition) is 2. The van der Waals surface area contributed by atoms with E-state index in [1.165, 1.54) is 32.5 Å². The molecule has 16 heavy (non-hydrogen) atoms. The summed E-state index contributed by atoms with van der Waals surface area (Å²) in [6.07, 6.45) is 2.62. The molecule has 1 atom stereocenters. The average molecular weight is 224 g/mol. The molecule has 2 heteroatoms. The van der Waals surface area contributed by atoms with E-state index in [0.29, 0.717) is 10.8 Å². The third kappa shape index (κ3) is 1.80. The highest BCUT2D eigenvalue weighted by atomic mass is 15.3. The fourth-order valence-corrected chi connectivity index (χ4v) is 3.70. The number of nitrogens with one attached hydrogen (secondary N) is 1. The van der Waals surface area contributed by atoms with Gasteiger partial charge in [-0.1, -0.05) is 41.0 Å². The van der Waals surface area contributed by atoms with Gasteiger partial charge < -0.3 is 5.32 Å². The Kier molecular flexibility index (Phi) is 3.09. The molecule has 1 aliphatic carbocycles. The molecule has 0 aromatic carbocycles. The Balaban J connectivity index is 1.96. The summed E-state index contributed by atoms with van der Waals surface area (Å²) in [5.41, 5.74) is 1.00. The number of nitrogens with zero attached hydrogens (tertiary/aromatic N) is 1. The zero-order valence-electron chi connectivity index (χ0n) is 11.6. The maximum absolute atomic E-state index is 3.65. The first kappa shape index (κ1) is 12.4. The van der Waals surface area contributed by atoms with Gasteiger partial charge in [0.1, 0.15) is 0 Å². The maximum atomic E-state index is 3.65. The molecule has 1 saturated heterocycles. The Morgan fingerprint density at radius 1 is 1.19 bits per heavy atom. The van der Waals surface area contributed by atoms with Gasteiger partial charge in [0.2, 0.25) is 0 Å². The second-order valence-electron chi connectivity index (χ2n) is 6.78. The third-order valence-electron chi connectivity index (χ3n) is 5.23. The Bertz CT molecular complexity index is 241. The van der Waals surface area contributed by atoms with Crippen LogP contribution in [0.5, 0.6) is 0 Å². The van der Waals surface area contributed by atoms with Gasteiger partial charge in [0.05, 0.1) is 0 Å². The van der Waals surface area contributed by atoms with E-state index in [4.69, 9.17) is 0 Å². The van der Waals surface area contributed by atoms with Crippen LogP contribution in [-0.4, -0.2) is 36.6 Å². The lowest BCUT2D eigenvalue weighted by Gasteiger charge is -2.35. The van der Waals surface area contributed by atoms with E-state index in [2.05, 4.69) is 44.8 Å². The van der Waals surface area contributed by atoms with Crippen LogP contribution in [0, 0.1) is 10.8 Å². The van der Waals surface area contributed by atoms with E-state index in [1.54, 1.807) is 0 Å². The molecule has 0 aromatic heterocycles. The molecule has 1 heterocycles.